The van der Waals surface area contributed by atoms with Gasteiger partial charge in [-0.1, -0.05) is 0 Å². The Morgan fingerprint density at radius 2 is 2.24 bits per heavy atom. The lowest BCUT2D eigenvalue weighted by Crippen LogP contribution is -2.52. The van der Waals surface area contributed by atoms with E-state index in [4.69, 9.17) is 4.55 Å². The molecule has 114 valence electrons. The Morgan fingerprint density at radius 3 is 2.81 bits per heavy atom. The highest BCUT2D eigenvalue weighted by molar-refractivity contribution is 7.80. The Hall–Kier alpha value is -1.69. The molecule has 1 saturated heterocycles. The molecule has 2 aliphatic heterocycles. The fourth-order valence-electron chi connectivity index (χ4n) is 2.67. The van der Waals surface area contributed by atoms with Crippen LogP contribution in [0.5, 0.6) is 0 Å². The molecular weight excluding hydrogens is 324 g/mol. The van der Waals surface area contributed by atoms with Gasteiger partial charge in [-0.05, 0) is 23.9 Å². The van der Waals surface area contributed by atoms with Crippen molar-refractivity contribution in [3.8, 4) is 0 Å². The summed E-state index contributed by atoms with van der Waals surface area (Å²) in [7, 11) is -4.89. The molecule has 21 heavy (non-hydrogen) atoms. The van der Waals surface area contributed by atoms with E-state index in [0.29, 0.717) is 15.5 Å². The molecule has 3 rings (SSSR count). The van der Waals surface area contributed by atoms with Gasteiger partial charge in [0, 0.05) is 4.88 Å². The van der Waals surface area contributed by atoms with E-state index in [1.807, 2.05) is 0 Å². The van der Waals surface area contributed by atoms with Crippen LogP contribution < -0.4 is 0 Å². The van der Waals surface area contributed by atoms with Crippen LogP contribution in [0.3, 0.4) is 0 Å². The Balaban J connectivity index is 2.15. The average molecular weight is 334 g/mol. The molecule has 2 aliphatic rings. The maximum Gasteiger partial charge on any atom is 0.418 e. The van der Waals surface area contributed by atoms with Crippen LogP contribution in [0.25, 0.3) is 0 Å². The number of carboxylic acids is 1. The normalized spacial score (nSPS) is 27.9. The number of nitrogens with zero attached hydrogens (tertiary/aromatic N) is 2. The van der Waals surface area contributed by atoms with Crippen molar-refractivity contribution in [2.75, 3.05) is 6.54 Å². The van der Waals surface area contributed by atoms with Crippen molar-refractivity contribution in [3.63, 3.8) is 0 Å². The zero-order chi connectivity index (χ0) is 15.6. The summed E-state index contributed by atoms with van der Waals surface area (Å²) >= 11 is 1.16. The minimum Gasteiger partial charge on any atom is -0.479 e. The van der Waals surface area contributed by atoms with Crippen molar-refractivity contribution in [1.29, 1.82) is 0 Å². The van der Waals surface area contributed by atoms with Crippen LogP contribution in [0, 0.1) is 0 Å². The van der Waals surface area contributed by atoms with E-state index < -0.39 is 34.0 Å². The minimum atomic E-state index is -4.89. The van der Waals surface area contributed by atoms with Crippen LogP contribution in [0.15, 0.2) is 11.4 Å². The van der Waals surface area contributed by atoms with Crippen LogP contribution in [0.1, 0.15) is 23.4 Å². The van der Waals surface area contributed by atoms with Crippen LogP contribution in [0.2, 0.25) is 0 Å². The van der Waals surface area contributed by atoms with Gasteiger partial charge in [0.1, 0.15) is 6.04 Å². The summed E-state index contributed by atoms with van der Waals surface area (Å²) in [5.74, 6) is -1.23. The lowest BCUT2D eigenvalue weighted by atomic mass is 9.89. The fraction of sp³-hybridized carbons (Fsp3) is 0.400. The van der Waals surface area contributed by atoms with E-state index in [0.717, 1.165) is 16.2 Å². The number of fused-ring (bicyclic) bond motifs is 4. The third kappa shape index (κ3) is 1.85. The van der Waals surface area contributed by atoms with Gasteiger partial charge < -0.3 is 5.11 Å². The van der Waals surface area contributed by atoms with Crippen molar-refractivity contribution in [3.05, 3.63) is 21.9 Å². The van der Waals surface area contributed by atoms with E-state index in [9.17, 15) is 23.1 Å². The van der Waals surface area contributed by atoms with E-state index in [1.54, 1.807) is 11.4 Å². The molecule has 0 aliphatic carbocycles. The number of hydroxylamine groups is 2. The highest BCUT2D eigenvalue weighted by Crippen LogP contribution is 2.49. The molecule has 3 heterocycles. The topological polar surface area (TPSA) is 124 Å². The standard InChI is InChI=1S/C10H10N2O7S2/c1-10(8(13)14)7-5(2-3-20-7)6-4-11(10)9(15)12(6)19-21(16,17)18/h2-3,6H,4H2,1H3,(H,13,14)(H,16,17,18)/t6-,10?/m1/s1. The molecule has 2 N–H and O–H groups in total. The van der Waals surface area contributed by atoms with Crippen molar-refractivity contribution in [1.82, 2.24) is 9.96 Å². The Bertz CT molecular complexity index is 742. The highest BCUT2D eigenvalue weighted by Gasteiger charge is 2.59. The van der Waals surface area contributed by atoms with Crippen LogP contribution in [-0.4, -0.2) is 46.6 Å². The molecule has 0 saturated carbocycles. The quantitative estimate of drug-likeness (QED) is 0.774. The minimum absolute atomic E-state index is 0.0408. The number of carboxylic acid groups (broad SMARTS) is 1. The number of carbonyl (C=O) groups excluding carboxylic acids is 1. The molecule has 0 aromatic carbocycles. The van der Waals surface area contributed by atoms with Gasteiger partial charge in [-0.2, -0.15) is 13.5 Å². The smallest absolute Gasteiger partial charge is 0.418 e. The second kappa shape index (κ2) is 4.16. The number of thiophene rings is 1. The third-order valence-corrected chi connectivity index (χ3v) is 5.18. The first-order valence-corrected chi connectivity index (χ1v) is 8.00. The van der Waals surface area contributed by atoms with Gasteiger partial charge in [-0.15, -0.1) is 15.6 Å². The molecule has 2 atom stereocenters. The van der Waals surface area contributed by atoms with Gasteiger partial charge in [0.15, 0.2) is 5.54 Å². The molecule has 1 fully saturated rings. The molecule has 2 bridgehead atoms. The molecule has 9 nitrogen and oxygen atoms in total. The fourth-order valence-corrected chi connectivity index (χ4v) is 4.16. The maximum absolute atomic E-state index is 12.2. The van der Waals surface area contributed by atoms with Gasteiger partial charge >= 0.3 is 22.4 Å². The molecule has 1 aromatic heterocycles. The first-order valence-electron chi connectivity index (χ1n) is 5.75. The van der Waals surface area contributed by atoms with E-state index >= 15 is 0 Å². The van der Waals surface area contributed by atoms with Crippen LogP contribution in [-0.2, 0) is 25.0 Å². The molecule has 2 amide bonds. The highest BCUT2D eigenvalue weighted by atomic mass is 32.3. The van der Waals surface area contributed by atoms with Gasteiger partial charge in [0.05, 0.1) is 6.54 Å². The Labute approximate surface area is 123 Å². The van der Waals surface area contributed by atoms with Gasteiger partial charge in [-0.3, -0.25) is 9.45 Å². The summed E-state index contributed by atoms with van der Waals surface area (Å²) < 4.78 is 34.8. The Kier molecular flexibility index (Phi) is 2.82. The summed E-state index contributed by atoms with van der Waals surface area (Å²) in [6.07, 6.45) is 0. The lowest BCUT2D eigenvalue weighted by Gasteiger charge is -2.36. The van der Waals surface area contributed by atoms with Crippen molar-refractivity contribution in [2.24, 2.45) is 0 Å². The first kappa shape index (κ1) is 14.3. The van der Waals surface area contributed by atoms with Crippen molar-refractivity contribution < 1.29 is 31.9 Å². The zero-order valence-electron chi connectivity index (χ0n) is 10.6. The number of urea groups is 1. The molecule has 0 radical (unpaired) electrons. The molecule has 11 heteroatoms. The predicted octanol–water partition coefficient (Wildman–Crippen LogP) is 0.575. The average Bonchev–Trinajstić information content (AvgIpc) is 2.93. The largest absolute Gasteiger partial charge is 0.479 e. The molecule has 1 aromatic rings. The predicted molar refractivity (Wildman–Crippen MR) is 68.6 cm³/mol. The molecule has 0 spiro atoms. The SMILES string of the molecule is CC1(C(=O)O)c2sccc2[C@H]2CN1C(=O)N2OS(=O)(=O)O. The van der Waals surface area contributed by atoms with Gasteiger partial charge in [-0.25, -0.2) is 9.59 Å². The third-order valence-electron chi connectivity index (χ3n) is 3.69. The van der Waals surface area contributed by atoms with E-state index in [2.05, 4.69) is 4.28 Å². The summed E-state index contributed by atoms with van der Waals surface area (Å²) in [5, 5.41) is 11.7. The Morgan fingerprint density at radius 1 is 1.57 bits per heavy atom. The lowest BCUT2D eigenvalue weighted by molar-refractivity contribution is -0.149. The number of rotatable bonds is 3. The van der Waals surface area contributed by atoms with Crippen LogP contribution in [0.4, 0.5) is 4.79 Å². The summed E-state index contributed by atoms with van der Waals surface area (Å²) in [5.41, 5.74) is -1.11. The number of carbonyl (C=O) groups is 2. The number of hydrogen-bond acceptors (Lipinski definition) is 6. The summed E-state index contributed by atoms with van der Waals surface area (Å²) in [4.78, 5) is 25.3. The summed E-state index contributed by atoms with van der Waals surface area (Å²) in [6, 6.07) is -0.0960. The molecule has 1 unspecified atom stereocenters. The second-order valence-electron chi connectivity index (χ2n) is 4.82. The summed E-state index contributed by atoms with van der Waals surface area (Å²) in [6.45, 7) is 1.33. The first-order chi connectivity index (χ1) is 9.66. The number of amides is 2. The van der Waals surface area contributed by atoms with Crippen LogP contribution >= 0.6 is 11.3 Å². The van der Waals surface area contributed by atoms with Crippen molar-refractivity contribution in [2.45, 2.75) is 18.5 Å². The van der Waals surface area contributed by atoms with E-state index in [1.165, 1.54) is 6.92 Å². The maximum atomic E-state index is 12.2. The van der Waals surface area contributed by atoms with Gasteiger partial charge in [0.25, 0.3) is 0 Å². The second-order valence-corrected chi connectivity index (χ2v) is 6.74. The number of hydrogen-bond donors (Lipinski definition) is 2. The zero-order valence-corrected chi connectivity index (χ0v) is 12.2. The van der Waals surface area contributed by atoms with Gasteiger partial charge in [0.2, 0.25) is 0 Å². The van der Waals surface area contributed by atoms with Crippen molar-refractivity contribution >= 4 is 33.7 Å². The number of aliphatic carboxylic acids is 1. The molecular formula is C10H10N2O7S2. The monoisotopic (exact) mass is 334 g/mol. The van der Waals surface area contributed by atoms with E-state index in [-0.39, 0.29) is 6.54 Å².